The monoisotopic (exact) mass is 488 g/mol. The SMILES string of the molecule is Cc1ccc(N2C(=O)C(Cl)=C(Nc3ccc(C(=O)Oc4ccc(C(C)C)cc4)cc3)C2=O)c(C)c1. The molecule has 1 aliphatic rings. The van der Waals surface area contributed by atoms with Crippen molar-refractivity contribution in [3.8, 4) is 5.75 Å². The summed E-state index contributed by atoms with van der Waals surface area (Å²) in [5, 5.41) is 2.73. The normalized spacial score (nSPS) is 13.6. The van der Waals surface area contributed by atoms with Crippen molar-refractivity contribution >= 4 is 40.8 Å². The lowest BCUT2D eigenvalue weighted by molar-refractivity contribution is -0.120. The van der Waals surface area contributed by atoms with E-state index in [1.165, 1.54) is 0 Å². The summed E-state index contributed by atoms with van der Waals surface area (Å²) in [6, 6.07) is 19.2. The molecule has 0 spiro atoms. The minimum absolute atomic E-state index is 0.0165. The average molecular weight is 489 g/mol. The quantitative estimate of drug-likeness (QED) is 0.258. The highest BCUT2D eigenvalue weighted by molar-refractivity contribution is 6.53. The molecule has 178 valence electrons. The number of hydrogen-bond donors (Lipinski definition) is 1. The Labute approximate surface area is 209 Å². The number of nitrogens with zero attached hydrogens (tertiary/aromatic N) is 1. The van der Waals surface area contributed by atoms with Gasteiger partial charge in [-0.1, -0.05) is 55.3 Å². The maximum Gasteiger partial charge on any atom is 0.343 e. The van der Waals surface area contributed by atoms with E-state index in [4.69, 9.17) is 16.3 Å². The van der Waals surface area contributed by atoms with Crippen molar-refractivity contribution < 1.29 is 19.1 Å². The summed E-state index contributed by atoms with van der Waals surface area (Å²) in [5.41, 5.74) is 4.28. The molecule has 0 fully saturated rings. The second-order valence-corrected chi connectivity index (χ2v) is 9.12. The molecule has 4 rings (SSSR count). The molecule has 0 radical (unpaired) electrons. The van der Waals surface area contributed by atoms with Crippen LogP contribution in [-0.4, -0.2) is 17.8 Å². The Morgan fingerprint density at radius 2 is 1.57 bits per heavy atom. The lowest BCUT2D eigenvalue weighted by Crippen LogP contribution is -2.32. The molecule has 3 aromatic carbocycles. The summed E-state index contributed by atoms with van der Waals surface area (Å²) < 4.78 is 5.44. The number of carbonyl (C=O) groups is 3. The second-order valence-electron chi connectivity index (χ2n) is 8.74. The molecule has 0 unspecified atom stereocenters. The minimum atomic E-state index is -0.588. The van der Waals surface area contributed by atoms with E-state index in [0.717, 1.165) is 21.6 Å². The number of benzene rings is 3. The third-order valence-corrected chi connectivity index (χ3v) is 6.12. The number of halogens is 1. The number of esters is 1. The van der Waals surface area contributed by atoms with Crippen molar-refractivity contribution in [1.29, 1.82) is 0 Å². The number of aryl methyl sites for hydroxylation is 2. The number of hydrogen-bond acceptors (Lipinski definition) is 5. The Balaban J connectivity index is 1.46. The van der Waals surface area contributed by atoms with E-state index in [-0.39, 0.29) is 10.7 Å². The highest BCUT2D eigenvalue weighted by atomic mass is 35.5. The molecular formula is C28H25ClN2O4. The molecule has 1 heterocycles. The topological polar surface area (TPSA) is 75.7 Å². The molecule has 0 atom stereocenters. The molecule has 0 aromatic heterocycles. The van der Waals surface area contributed by atoms with Crippen molar-refractivity contribution in [2.45, 2.75) is 33.6 Å². The standard InChI is InChI=1S/C28H25ClN2O4/c1-16(2)19-8-12-22(13-9-19)35-28(34)20-6-10-21(11-7-20)30-25-24(29)26(32)31(27(25)33)23-14-5-17(3)15-18(23)4/h5-16,30H,1-4H3. The largest absolute Gasteiger partial charge is 0.423 e. The Morgan fingerprint density at radius 1 is 0.914 bits per heavy atom. The van der Waals surface area contributed by atoms with Gasteiger partial charge in [0.2, 0.25) is 0 Å². The number of amides is 2. The average Bonchev–Trinajstić information content (AvgIpc) is 3.03. The van der Waals surface area contributed by atoms with Gasteiger partial charge in [0.15, 0.2) is 0 Å². The van der Waals surface area contributed by atoms with Crippen LogP contribution in [-0.2, 0) is 9.59 Å². The van der Waals surface area contributed by atoms with E-state index in [2.05, 4.69) is 19.2 Å². The Kier molecular flexibility index (Phi) is 6.76. The molecule has 0 saturated heterocycles. The molecule has 6 nitrogen and oxygen atoms in total. The summed E-state index contributed by atoms with van der Waals surface area (Å²) in [6.07, 6.45) is 0. The Morgan fingerprint density at radius 3 is 2.17 bits per heavy atom. The molecule has 0 saturated carbocycles. The molecule has 7 heteroatoms. The fourth-order valence-electron chi connectivity index (χ4n) is 3.81. The van der Waals surface area contributed by atoms with Gasteiger partial charge in [-0.15, -0.1) is 0 Å². The van der Waals surface area contributed by atoms with Crippen LogP contribution in [0.15, 0.2) is 77.5 Å². The molecule has 0 bridgehead atoms. The van der Waals surface area contributed by atoms with Gasteiger partial charge >= 0.3 is 5.97 Å². The van der Waals surface area contributed by atoms with Crippen molar-refractivity contribution in [1.82, 2.24) is 0 Å². The van der Waals surface area contributed by atoms with Crippen LogP contribution < -0.4 is 15.0 Å². The summed E-state index contributed by atoms with van der Waals surface area (Å²) in [5.74, 6) is -0.784. The van der Waals surface area contributed by atoms with Crippen LogP contribution in [0.3, 0.4) is 0 Å². The fourth-order valence-corrected chi connectivity index (χ4v) is 4.02. The van der Waals surface area contributed by atoms with E-state index in [1.807, 2.05) is 38.1 Å². The van der Waals surface area contributed by atoms with Gasteiger partial charge in [0.05, 0.1) is 11.3 Å². The zero-order valence-electron chi connectivity index (χ0n) is 19.9. The molecule has 1 N–H and O–H groups in total. The summed E-state index contributed by atoms with van der Waals surface area (Å²) >= 11 is 6.24. The van der Waals surface area contributed by atoms with E-state index in [9.17, 15) is 14.4 Å². The lowest BCUT2D eigenvalue weighted by atomic mass is 10.0. The van der Waals surface area contributed by atoms with Crippen LogP contribution in [0.5, 0.6) is 5.75 Å². The van der Waals surface area contributed by atoms with Crippen molar-refractivity contribution in [2.24, 2.45) is 0 Å². The first-order valence-corrected chi connectivity index (χ1v) is 11.6. The maximum atomic E-state index is 13.0. The number of carbonyl (C=O) groups excluding carboxylic acids is 3. The van der Waals surface area contributed by atoms with Crippen molar-refractivity contribution in [3.05, 3.63) is 99.7 Å². The van der Waals surface area contributed by atoms with Gasteiger partial charge in [-0.25, -0.2) is 9.69 Å². The third-order valence-electron chi connectivity index (χ3n) is 5.77. The predicted octanol–water partition coefficient (Wildman–Crippen LogP) is 6.08. The minimum Gasteiger partial charge on any atom is -0.423 e. The third kappa shape index (κ3) is 4.98. The van der Waals surface area contributed by atoms with Gasteiger partial charge in [-0.05, 0) is 73.4 Å². The Bertz CT molecular complexity index is 1340. The van der Waals surface area contributed by atoms with E-state index >= 15 is 0 Å². The van der Waals surface area contributed by atoms with Crippen LogP contribution in [0, 0.1) is 13.8 Å². The summed E-state index contributed by atoms with van der Waals surface area (Å²) in [4.78, 5) is 39.4. The zero-order chi connectivity index (χ0) is 25.3. The molecular weight excluding hydrogens is 464 g/mol. The molecule has 1 aliphatic heterocycles. The van der Waals surface area contributed by atoms with E-state index in [0.29, 0.717) is 28.6 Å². The van der Waals surface area contributed by atoms with Crippen molar-refractivity contribution in [2.75, 3.05) is 10.2 Å². The van der Waals surface area contributed by atoms with E-state index < -0.39 is 17.8 Å². The fraction of sp³-hybridized carbons (Fsp3) is 0.179. The van der Waals surface area contributed by atoms with Gasteiger partial charge in [0.1, 0.15) is 16.5 Å². The molecule has 35 heavy (non-hydrogen) atoms. The maximum absolute atomic E-state index is 13.0. The number of imide groups is 1. The lowest BCUT2D eigenvalue weighted by Gasteiger charge is -2.18. The predicted molar refractivity (Wildman–Crippen MR) is 137 cm³/mol. The number of anilines is 2. The number of nitrogens with one attached hydrogen (secondary N) is 1. The van der Waals surface area contributed by atoms with Gasteiger partial charge in [0.25, 0.3) is 11.8 Å². The van der Waals surface area contributed by atoms with Gasteiger partial charge < -0.3 is 10.1 Å². The van der Waals surface area contributed by atoms with Crippen LogP contribution >= 0.6 is 11.6 Å². The van der Waals surface area contributed by atoms with Crippen molar-refractivity contribution in [3.63, 3.8) is 0 Å². The highest BCUT2D eigenvalue weighted by Gasteiger charge is 2.39. The van der Waals surface area contributed by atoms with Gasteiger partial charge in [-0.2, -0.15) is 0 Å². The highest BCUT2D eigenvalue weighted by Crippen LogP contribution is 2.32. The van der Waals surface area contributed by atoms with Crippen LogP contribution in [0.25, 0.3) is 0 Å². The van der Waals surface area contributed by atoms with Gasteiger partial charge in [-0.3, -0.25) is 9.59 Å². The van der Waals surface area contributed by atoms with Crippen LogP contribution in [0.4, 0.5) is 11.4 Å². The first-order valence-electron chi connectivity index (χ1n) is 11.2. The zero-order valence-corrected chi connectivity index (χ0v) is 20.6. The molecule has 3 aromatic rings. The van der Waals surface area contributed by atoms with Gasteiger partial charge in [0, 0.05) is 5.69 Å². The van der Waals surface area contributed by atoms with Crippen LogP contribution in [0.1, 0.15) is 46.8 Å². The van der Waals surface area contributed by atoms with E-state index in [1.54, 1.807) is 42.5 Å². The second kappa shape index (κ2) is 9.76. The molecule has 0 aliphatic carbocycles. The smallest absolute Gasteiger partial charge is 0.343 e. The first-order chi connectivity index (χ1) is 16.7. The number of rotatable bonds is 6. The number of ether oxygens (including phenoxy) is 1. The van der Waals surface area contributed by atoms with Crippen LogP contribution in [0.2, 0.25) is 0 Å². The molecule has 2 amide bonds. The first kappa shape index (κ1) is 24.2. The Hall–Kier alpha value is -3.90. The summed E-state index contributed by atoms with van der Waals surface area (Å²) in [7, 11) is 0. The summed E-state index contributed by atoms with van der Waals surface area (Å²) in [6.45, 7) is 7.95.